The molecule has 2 rings (SSSR count). The van der Waals surface area contributed by atoms with Gasteiger partial charge in [0.05, 0.1) is 12.2 Å². The Hall–Kier alpha value is -0.840. The number of halogens is 1. The second kappa shape index (κ2) is 6.03. The van der Waals surface area contributed by atoms with E-state index in [0.717, 1.165) is 19.5 Å². The molecule has 0 unspecified atom stereocenters. The van der Waals surface area contributed by atoms with Gasteiger partial charge in [0, 0.05) is 18.8 Å². The molecule has 1 fully saturated rings. The van der Waals surface area contributed by atoms with Crippen molar-refractivity contribution in [2.45, 2.75) is 12.5 Å². The summed E-state index contributed by atoms with van der Waals surface area (Å²) in [5.41, 5.74) is 0.702. The van der Waals surface area contributed by atoms with Gasteiger partial charge in [-0.25, -0.2) is 0 Å². The predicted molar refractivity (Wildman–Crippen MR) is 66.3 cm³/mol. The van der Waals surface area contributed by atoms with Crippen molar-refractivity contribution >= 4 is 18.2 Å². The standard InChI is InChI=1S/C11H17N3O.ClH/c1-14(9-4-6-12-7-9)8-11(15)10-3-2-5-13-10;/h2-3,5,9,12-13H,4,6-8H2,1H3;1H/t9-;/m1./s1. The number of hydrogen-bond acceptors (Lipinski definition) is 3. The van der Waals surface area contributed by atoms with Crippen LogP contribution in [0.25, 0.3) is 0 Å². The van der Waals surface area contributed by atoms with Gasteiger partial charge in [0.15, 0.2) is 5.78 Å². The molecule has 0 amide bonds. The lowest BCUT2D eigenvalue weighted by molar-refractivity contribution is 0.0920. The van der Waals surface area contributed by atoms with Crippen molar-refractivity contribution in [2.24, 2.45) is 0 Å². The number of aromatic amines is 1. The topological polar surface area (TPSA) is 48.1 Å². The first-order valence-corrected chi connectivity index (χ1v) is 5.35. The Balaban J connectivity index is 0.00000128. The minimum absolute atomic E-state index is 0. The molecule has 4 nitrogen and oxygen atoms in total. The van der Waals surface area contributed by atoms with Crippen molar-refractivity contribution in [3.05, 3.63) is 24.0 Å². The van der Waals surface area contributed by atoms with Crippen LogP contribution in [0.2, 0.25) is 0 Å². The van der Waals surface area contributed by atoms with Gasteiger partial charge in [-0.3, -0.25) is 9.69 Å². The number of nitrogens with one attached hydrogen (secondary N) is 2. The normalized spacial score (nSPS) is 19.8. The summed E-state index contributed by atoms with van der Waals surface area (Å²) < 4.78 is 0. The highest BCUT2D eigenvalue weighted by atomic mass is 35.5. The van der Waals surface area contributed by atoms with Crippen LogP contribution in [0.15, 0.2) is 18.3 Å². The number of aromatic nitrogens is 1. The summed E-state index contributed by atoms with van der Waals surface area (Å²) in [6, 6.07) is 4.18. The molecule has 2 heterocycles. The maximum Gasteiger partial charge on any atom is 0.192 e. The van der Waals surface area contributed by atoms with Gasteiger partial charge in [-0.2, -0.15) is 0 Å². The molecule has 0 aliphatic carbocycles. The number of hydrogen-bond donors (Lipinski definition) is 2. The molecule has 16 heavy (non-hydrogen) atoms. The van der Waals surface area contributed by atoms with E-state index in [0.29, 0.717) is 18.3 Å². The van der Waals surface area contributed by atoms with E-state index in [4.69, 9.17) is 0 Å². The number of H-pyrrole nitrogens is 1. The zero-order valence-electron chi connectivity index (χ0n) is 9.40. The summed E-state index contributed by atoms with van der Waals surface area (Å²) in [4.78, 5) is 16.8. The fourth-order valence-electron chi connectivity index (χ4n) is 1.96. The maximum absolute atomic E-state index is 11.8. The van der Waals surface area contributed by atoms with Crippen molar-refractivity contribution in [3.8, 4) is 0 Å². The number of Topliss-reactive ketones (excluding diaryl/α,β-unsaturated/α-hetero) is 1. The summed E-state index contributed by atoms with van der Waals surface area (Å²) in [5, 5.41) is 3.30. The number of likely N-dealkylation sites (N-methyl/N-ethyl adjacent to an activating group) is 1. The highest BCUT2D eigenvalue weighted by Crippen LogP contribution is 2.07. The van der Waals surface area contributed by atoms with E-state index >= 15 is 0 Å². The molecule has 0 radical (unpaired) electrons. The maximum atomic E-state index is 11.8. The fourth-order valence-corrected chi connectivity index (χ4v) is 1.96. The first kappa shape index (κ1) is 13.2. The van der Waals surface area contributed by atoms with Gasteiger partial charge in [0.1, 0.15) is 0 Å². The van der Waals surface area contributed by atoms with Crippen LogP contribution in [0, 0.1) is 0 Å². The Kier molecular flexibility index (Phi) is 4.99. The molecule has 1 atom stereocenters. The lowest BCUT2D eigenvalue weighted by Gasteiger charge is -2.22. The van der Waals surface area contributed by atoms with Crippen molar-refractivity contribution in [1.29, 1.82) is 0 Å². The van der Waals surface area contributed by atoms with Crippen LogP contribution in [0.5, 0.6) is 0 Å². The van der Waals surface area contributed by atoms with Gasteiger partial charge in [0.2, 0.25) is 0 Å². The Morgan fingerprint density at radius 3 is 3.00 bits per heavy atom. The summed E-state index contributed by atoms with van der Waals surface area (Å²) in [6.07, 6.45) is 2.92. The lowest BCUT2D eigenvalue weighted by atomic mass is 10.2. The van der Waals surface area contributed by atoms with Crippen LogP contribution < -0.4 is 5.32 Å². The largest absolute Gasteiger partial charge is 0.359 e. The molecule has 0 spiro atoms. The van der Waals surface area contributed by atoms with Crippen molar-refractivity contribution in [2.75, 3.05) is 26.7 Å². The fraction of sp³-hybridized carbons (Fsp3) is 0.545. The van der Waals surface area contributed by atoms with Crippen molar-refractivity contribution in [1.82, 2.24) is 15.2 Å². The van der Waals surface area contributed by atoms with Gasteiger partial charge in [-0.1, -0.05) is 0 Å². The lowest BCUT2D eigenvalue weighted by Crippen LogP contribution is -2.37. The van der Waals surface area contributed by atoms with E-state index in [1.807, 2.05) is 19.2 Å². The number of carbonyl (C=O) groups excluding carboxylic acids is 1. The zero-order chi connectivity index (χ0) is 10.7. The minimum Gasteiger partial charge on any atom is -0.359 e. The first-order valence-electron chi connectivity index (χ1n) is 5.35. The van der Waals surface area contributed by atoms with Crippen LogP contribution in [0.4, 0.5) is 0 Å². The van der Waals surface area contributed by atoms with Gasteiger partial charge in [0.25, 0.3) is 0 Å². The molecule has 1 aliphatic heterocycles. The van der Waals surface area contributed by atoms with E-state index in [-0.39, 0.29) is 18.2 Å². The molecule has 2 N–H and O–H groups in total. The van der Waals surface area contributed by atoms with Crippen molar-refractivity contribution < 1.29 is 4.79 Å². The first-order chi connectivity index (χ1) is 7.27. The summed E-state index contributed by atoms with van der Waals surface area (Å²) in [7, 11) is 2.01. The molecule has 90 valence electrons. The third-order valence-electron chi connectivity index (χ3n) is 2.95. The summed E-state index contributed by atoms with van der Waals surface area (Å²) in [5.74, 6) is 0.161. The zero-order valence-corrected chi connectivity index (χ0v) is 10.2. The molecular formula is C11H18ClN3O. The second-order valence-corrected chi connectivity index (χ2v) is 4.07. The molecule has 0 saturated carbocycles. The third kappa shape index (κ3) is 3.07. The summed E-state index contributed by atoms with van der Waals surface area (Å²) >= 11 is 0. The van der Waals surface area contributed by atoms with E-state index in [1.54, 1.807) is 6.20 Å². The van der Waals surface area contributed by atoms with Gasteiger partial charge >= 0.3 is 0 Å². The number of carbonyl (C=O) groups is 1. The van der Waals surface area contributed by atoms with Crippen molar-refractivity contribution in [3.63, 3.8) is 0 Å². The summed E-state index contributed by atoms with van der Waals surface area (Å²) in [6.45, 7) is 2.55. The van der Waals surface area contributed by atoms with E-state index < -0.39 is 0 Å². The number of rotatable bonds is 4. The Bertz CT molecular complexity index is 320. The molecule has 0 bridgehead atoms. The molecule has 5 heteroatoms. The average Bonchev–Trinajstić information content (AvgIpc) is 2.91. The Morgan fingerprint density at radius 2 is 2.44 bits per heavy atom. The monoisotopic (exact) mass is 243 g/mol. The van der Waals surface area contributed by atoms with Crippen LogP contribution in [-0.4, -0.2) is 48.4 Å². The van der Waals surface area contributed by atoms with Gasteiger partial charge in [-0.05, 0) is 32.1 Å². The van der Waals surface area contributed by atoms with E-state index in [1.165, 1.54) is 0 Å². The Morgan fingerprint density at radius 1 is 1.62 bits per heavy atom. The molecule has 1 saturated heterocycles. The second-order valence-electron chi connectivity index (χ2n) is 4.07. The molecule has 0 aromatic carbocycles. The smallest absolute Gasteiger partial charge is 0.192 e. The van der Waals surface area contributed by atoms with Gasteiger partial charge < -0.3 is 10.3 Å². The van der Waals surface area contributed by atoms with E-state index in [9.17, 15) is 4.79 Å². The van der Waals surface area contributed by atoms with Crippen LogP contribution in [0.1, 0.15) is 16.9 Å². The molecule has 1 aliphatic rings. The number of nitrogens with zero attached hydrogens (tertiary/aromatic N) is 1. The van der Waals surface area contributed by atoms with E-state index in [2.05, 4.69) is 15.2 Å². The van der Waals surface area contributed by atoms with Crippen LogP contribution in [0.3, 0.4) is 0 Å². The van der Waals surface area contributed by atoms with Gasteiger partial charge in [-0.15, -0.1) is 12.4 Å². The SMILES string of the molecule is CN(CC(=O)c1ccc[nH]1)[C@@H]1CCNC1.Cl. The highest BCUT2D eigenvalue weighted by molar-refractivity contribution is 5.95. The number of ketones is 1. The quantitative estimate of drug-likeness (QED) is 0.773. The molecular weight excluding hydrogens is 226 g/mol. The average molecular weight is 244 g/mol. The van der Waals surface area contributed by atoms with Crippen LogP contribution >= 0.6 is 12.4 Å². The highest BCUT2D eigenvalue weighted by Gasteiger charge is 2.21. The predicted octanol–water partition coefficient (Wildman–Crippen LogP) is 0.913. The third-order valence-corrected chi connectivity index (χ3v) is 2.95. The molecule has 1 aromatic rings. The Labute approximate surface area is 102 Å². The molecule has 1 aromatic heterocycles. The minimum atomic E-state index is 0. The van der Waals surface area contributed by atoms with Crippen LogP contribution in [-0.2, 0) is 0 Å².